The van der Waals surface area contributed by atoms with Crippen molar-refractivity contribution in [3.63, 3.8) is 0 Å². The molecule has 0 aromatic heterocycles. The molecule has 0 spiro atoms. The van der Waals surface area contributed by atoms with Gasteiger partial charge >= 0.3 is 0 Å². The molecular weight excluding hydrogens is 286 g/mol. The van der Waals surface area contributed by atoms with Crippen molar-refractivity contribution in [1.82, 2.24) is 10.2 Å². The van der Waals surface area contributed by atoms with E-state index >= 15 is 0 Å². The summed E-state index contributed by atoms with van der Waals surface area (Å²) in [6.07, 6.45) is 5.23. The Labute approximate surface area is 138 Å². The summed E-state index contributed by atoms with van der Waals surface area (Å²) < 4.78 is 0. The van der Waals surface area contributed by atoms with Crippen molar-refractivity contribution in [1.29, 1.82) is 0 Å². The van der Waals surface area contributed by atoms with E-state index in [2.05, 4.69) is 34.2 Å². The van der Waals surface area contributed by atoms with E-state index in [0.717, 1.165) is 37.8 Å². The number of anilines is 1. The lowest BCUT2D eigenvalue weighted by Gasteiger charge is -2.19. The highest BCUT2D eigenvalue weighted by molar-refractivity contribution is 5.94. The molecular formula is C19H27N3O. The summed E-state index contributed by atoms with van der Waals surface area (Å²) in [5.74, 6) is 0.621. The quantitative estimate of drug-likeness (QED) is 0.928. The summed E-state index contributed by atoms with van der Waals surface area (Å²) in [4.78, 5) is 17.5. The molecule has 2 atom stereocenters. The fourth-order valence-corrected chi connectivity index (χ4v) is 3.98. The van der Waals surface area contributed by atoms with Crippen molar-refractivity contribution in [2.45, 2.75) is 44.7 Å². The lowest BCUT2D eigenvalue weighted by Crippen LogP contribution is -2.40. The third-order valence-corrected chi connectivity index (χ3v) is 5.62. The standard InChI is InChI=1S/C19H27N3O/c1-14-12-22(17-8-9-17)13-18(14)20-19(23)15-4-6-16(7-5-15)21-10-2-3-11-21/h4-7,14,17-18H,2-3,8-13H2,1H3,(H,20,23)/t14-,18-/m1/s1. The van der Waals surface area contributed by atoms with E-state index in [-0.39, 0.29) is 5.91 Å². The Balaban J connectivity index is 1.36. The van der Waals surface area contributed by atoms with Crippen LogP contribution in [0.15, 0.2) is 24.3 Å². The third kappa shape index (κ3) is 3.23. The number of likely N-dealkylation sites (tertiary alicyclic amines) is 1. The van der Waals surface area contributed by atoms with Gasteiger partial charge in [-0.15, -0.1) is 0 Å². The van der Waals surface area contributed by atoms with E-state index in [4.69, 9.17) is 0 Å². The Bertz CT molecular complexity index is 560. The number of hydrogen-bond acceptors (Lipinski definition) is 3. The summed E-state index contributed by atoms with van der Waals surface area (Å²) >= 11 is 0. The molecule has 1 amide bonds. The van der Waals surface area contributed by atoms with Crippen LogP contribution in [0.25, 0.3) is 0 Å². The summed E-state index contributed by atoms with van der Waals surface area (Å²) in [5.41, 5.74) is 2.03. The zero-order chi connectivity index (χ0) is 15.8. The maximum Gasteiger partial charge on any atom is 0.251 e. The Kier molecular flexibility index (Phi) is 4.02. The van der Waals surface area contributed by atoms with Crippen LogP contribution in [0, 0.1) is 5.92 Å². The molecule has 1 aromatic carbocycles. The zero-order valence-corrected chi connectivity index (χ0v) is 14.0. The fourth-order valence-electron chi connectivity index (χ4n) is 3.98. The van der Waals surface area contributed by atoms with Crippen LogP contribution in [-0.4, -0.2) is 49.1 Å². The van der Waals surface area contributed by atoms with Crippen molar-refractivity contribution in [3.8, 4) is 0 Å². The van der Waals surface area contributed by atoms with Crippen molar-refractivity contribution in [2.75, 3.05) is 31.1 Å². The van der Waals surface area contributed by atoms with Gasteiger partial charge in [-0.1, -0.05) is 6.92 Å². The molecule has 1 aliphatic carbocycles. The van der Waals surface area contributed by atoms with Crippen LogP contribution in [0.1, 0.15) is 43.0 Å². The van der Waals surface area contributed by atoms with E-state index in [1.54, 1.807) is 0 Å². The molecule has 3 aliphatic rings. The first-order chi connectivity index (χ1) is 11.2. The predicted molar refractivity (Wildman–Crippen MR) is 92.9 cm³/mol. The Morgan fingerprint density at radius 2 is 1.78 bits per heavy atom. The van der Waals surface area contributed by atoms with Crippen molar-refractivity contribution < 1.29 is 4.79 Å². The van der Waals surface area contributed by atoms with Gasteiger partial charge in [0.05, 0.1) is 0 Å². The maximum atomic E-state index is 12.5. The number of amides is 1. The highest BCUT2D eigenvalue weighted by atomic mass is 16.1. The molecule has 0 unspecified atom stereocenters. The minimum atomic E-state index is 0.0764. The highest BCUT2D eigenvalue weighted by Gasteiger charge is 2.38. The fraction of sp³-hybridized carbons (Fsp3) is 0.632. The zero-order valence-electron chi connectivity index (χ0n) is 14.0. The lowest BCUT2D eigenvalue weighted by atomic mass is 10.1. The SMILES string of the molecule is C[C@@H]1CN(C2CC2)C[C@H]1NC(=O)c1ccc(N2CCCC2)cc1. The lowest BCUT2D eigenvalue weighted by molar-refractivity contribution is 0.0931. The molecule has 1 saturated carbocycles. The number of rotatable bonds is 4. The molecule has 2 saturated heterocycles. The van der Waals surface area contributed by atoms with Crippen LogP contribution in [-0.2, 0) is 0 Å². The van der Waals surface area contributed by atoms with Gasteiger partial charge < -0.3 is 10.2 Å². The predicted octanol–water partition coefficient (Wildman–Crippen LogP) is 2.50. The van der Waals surface area contributed by atoms with Gasteiger partial charge in [0.15, 0.2) is 0 Å². The van der Waals surface area contributed by atoms with Gasteiger partial charge in [0.25, 0.3) is 5.91 Å². The minimum Gasteiger partial charge on any atom is -0.372 e. The molecule has 1 N–H and O–H groups in total. The molecule has 2 aliphatic heterocycles. The van der Waals surface area contributed by atoms with Crippen molar-refractivity contribution in [2.24, 2.45) is 5.92 Å². The van der Waals surface area contributed by atoms with Gasteiger partial charge in [-0.3, -0.25) is 9.69 Å². The van der Waals surface area contributed by atoms with Gasteiger partial charge in [0.1, 0.15) is 0 Å². The second-order valence-corrected chi connectivity index (χ2v) is 7.48. The first-order valence-corrected chi connectivity index (χ1v) is 9.10. The number of nitrogens with one attached hydrogen (secondary N) is 1. The van der Waals surface area contributed by atoms with Crippen molar-refractivity contribution >= 4 is 11.6 Å². The van der Waals surface area contributed by atoms with E-state index < -0.39 is 0 Å². The van der Waals surface area contributed by atoms with Gasteiger partial charge in [0, 0.05) is 49.5 Å². The van der Waals surface area contributed by atoms with Crippen LogP contribution in [0.3, 0.4) is 0 Å². The number of benzene rings is 1. The summed E-state index contributed by atoms with van der Waals surface area (Å²) in [7, 11) is 0. The summed E-state index contributed by atoms with van der Waals surface area (Å²) in [6, 6.07) is 9.21. The third-order valence-electron chi connectivity index (χ3n) is 5.62. The normalized spacial score (nSPS) is 28.3. The van der Waals surface area contributed by atoms with Gasteiger partial charge in [-0.25, -0.2) is 0 Å². The monoisotopic (exact) mass is 313 g/mol. The number of nitrogens with zero attached hydrogens (tertiary/aromatic N) is 2. The topological polar surface area (TPSA) is 35.6 Å². The van der Waals surface area contributed by atoms with E-state index in [1.807, 2.05) is 12.1 Å². The molecule has 4 nitrogen and oxygen atoms in total. The number of carbonyl (C=O) groups excluding carboxylic acids is 1. The van der Waals surface area contributed by atoms with E-state index in [1.165, 1.54) is 31.4 Å². The Morgan fingerprint density at radius 1 is 1.09 bits per heavy atom. The molecule has 23 heavy (non-hydrogen) atoms. The van der Waals surface area contributed by atoms with Gasteiger partial charge in [-0.05, 0) is 55.9 Å². The molecule has 0 bridgehead atoms. The second kappa shape index (κ2) is 6.16. The van der Waals surface area contributed by atoms with Crippen LogP contribution >= 0.6 is 0 Å². The van der Waals surface area contributed by atoms with Crippen LogP contribution in [0.2, 0.25) is 0 Å². The average Bonchev–Trinajstić information content (AvgIpc) is 3.14. The molecule has 4 rings (SSSR count). The number of hydrogen-bond donors (Lipinski definition) is 1. The first-order valence-electron chi connectivity index (χ1n) is 9.10. The molecule has 3 fully saturated rings. The average molecular weight is 313 g/mol. The first kappa shape index (κ1) is 15.0. The van der Waals surface area contributed by atoms with E-state index in [9.17, 15) is 4.79 Å². The molecule has 1 aromatic rings. The minimum absolute atomic E-state index is 0.0764. The smallest absolute Gasteiger partial charge is 0.251 e. The molecule has 4 heteroatoms. The van der Waals surface area contributed by atoms with Crippen LogP contribution in [0.4, 0.5) is 5.69 Å². The largest absolute Gasteiger partial charge is 0.372 e. The highest BCUT2D eigenvalue weighted by Crippen LogP contribution is 2.31. The van der Waals surface area contributed by atoms with Gasteiger partial charge in [-0.2, -0.15) is 0 Å². The molecule has 124 valence electrons. The van der Waals surface area contributed by atoms with E-state index in [0.29, 0.717) is 12.0 Å². The Morgan fingerprint density at radius 3 is 2.43 bits per heavy atom. The summed E-state index contributed by atoms with van der Waals surface area (Å²) in [5, 5.41) is 3.25. The van der Waals surface area contributed by atoms with Crippen molar-refractivity contribution in [3.05, 3.63) is 29.8 Å². The maximum absolute atomic E-state index is 12.5. The summed E-state index contributed by atoms with van der Waals surface area (Å²) in [6.45, 7) is 6.68. The molecule has 2 heterocycles. The molecule has 0 radical (unpaired) electrons. The van der Waals surface area contributed by atoms with Crippen LogP contribution in [0.5, 0.6) is 0 Å². The number of carbonyl (C=O) groups is 1. The second-order valence-electron chi connectivity index (χ2n) is 7.48. The van der Waals surface area contributed by atoms with Crippen LogP contribution < -0.4 is 10.2 Å². The Hall–Kier alpha value is -1.55. The van der Waals surface area contributed by atoms with Gasteiger partial charge in [0.2, 0.25) is 0 Å².